The van der Waals surface area contributed by atoms with E-state index in [0.717, 1.165) is 12.1 Å². The molecule has 2 aromatic rings. The van der Waals surface area contributed by atoms with E-state index in [9.17, 15) is 8.78 Å². The summed E-state index contributed by atoms with van der Waals surface area (Å²) in [5.41, 5.74) is 6.08. The van der Waals surface area contributed by atoms with E-state index >= 15 is 0 Å². The van der Waals surface area contributed by atoms with E-state index in [0.29, 0.717) is 5.56 Å². The molecule has 0 aliphatic carbocycles. The van der Waals surface area contributed by atoms with E-state index in [-0.39, 0.29) is 11.3 Å². The van der Waals surface area contributed by atoms with Crippen LogP contribution in [0.4, 0.5) is 8.78 Å². The molecule has 3 N–H and O–H groups in total. The standard InChI is InChI=1S/C11H11F2N3O/c1-17-7-2-8(12)10(9(13)3-7)11(14)6-4-15-16-5-6/h2-5,11H,14H2,1H3,(H,15,16). The van der Waals surface area contributed by atoms with E-state index in [2.05, 4.69) is 10.2 Å². The number of hydrogen-bond acceptors (Lipinski definition) is 3. The van der Waals surface area contributed by atoms with Crippen molar-refractivity contribution in [1.82, 2.24) is 10.2 Å². The fraction of sp³-hybridized carbons (Fsp3) is 0.182. The lowest BCUT2D eigenvalue weighted by Gasteiger charge is -2.13. The molecule has 0 amide bonds. The van der Waals surface area contributed by atoms with Crippen molar-refractivity contribution in [3.63, 3.8) is 0 Å². The highest BCUT2D eigenvalue weighted by atomic mass is 19.1. The van der Waals surface area contributed by atoms with Gasteiger partial charge in [0.15, 0.2) is 0 Å². The normalized spacial score (nSPS) is 12.5. The summed E-state index contributed by atoms with van der Waals surface area (Å²) >= 11 is 0. The molecule has 0 bridgehead atoms. The maximum absolute atomic E-state index is 13.7. The molecular weight excluding hydrogens is 228 g/mol. The molecule has 0 spiro atoms. The maximum Gasteiger partial charge on any atom is 0.134 e. The number of aromatic amines is 1. The van der Waals surface area contributed by atoms with Crippen molar-refractivity contribution in [2.75, 3.05) is 7.11 Å². The van der Waals surface area contributed by atoms with E-state index in [1.807, 2.05) is 0 Å². The van der Waals surface area contributed by atoms with Crippen LogP contribution in [0.1, 0.15) is 17.2 Å². The molecule has 4 nitrogen and oxygen atoms in total. The summed E-state index contributed by atoms with van der Waals surface area (Å²) in [6.07, 6.45) is 2.92. The van der Waals surface area contributed by atoms with Crippen molar-refractivity contribution < 1.29 is 13.5 Å². The van der Waals surface area contributed by atoms with Gasteiger partial charge in [0.1, 0.15) is 17.4 Å². The Hall–Kier alpha value is -1.95. The monoisotopic (exact) mass is 239 g/mol. The van der Waals surface area contributed by atoms with Crippen LogP contribution >= 0.6 is 0 Å². The first-order chi connectivity index (χ1) is 8.13. The molecule has 1 heterocycles. The number of H-pyrrole nitrogens is 1. The van der Waals surface area contributed by atoms with Crippen LogP contribution in [0.5, 0.6) is 5.75 Å². The minimum absolute atomic E-state index is 0.114. The third kappa shape index (κ3) is 2.12. The van der Waals surface area contributed by atoms with Crippen LogP contribution in [0, 0.1) is 11.6 Å². The molecule has 0 aliphatic rings. The molecule has 0 radical (unpaired) electrons. The number of benzene rings is 1. The predicted molar refractivity (Wildman–Crippen MR) is 57.5 cm³/mol. The average molecular weight is 239 g/mol. The van der Waals surface area contributed by atoms with Crippen molar-refractivity contribution >= 4 is 0 Å². The van der Waals surface area contributed by atoms with Gasteiger partial charge in [-0.15, -0.1) is 0 Å². The summed E-state index contributed by atoms with van der Waals surface area (Å²) in [7, 11) is 1.34. The van der Waals surface area contributed by atoms with Crippen LogP contribution < -0.4 is 10.5 Å². The van der Waals surface area contributed by atoms with E-state index < -0.39 is 17.7 Å². The number of nitrogens with zero attached hydrogens (tertiary/aromatic N) is 1. The quantitative estimate of drug-likeness (QED) is 0.857. The lowest BCUT2D eigenvalue weighted by atomic mass is 10.0. The van der Waals surface area contributed by atoms with Crippen LogP contribution in [0.3, 0.4) is 0 Å². The highest BCUT2D eigenvalue weighted by Gasteiger charge is 2.20. The summed E-state index contributed by atoms with van der Waals surface area (Å²) in [5.74, 6) is -1.37. The smallest absolute Gasteiger partial charge is 0.134 e. The first-order valence-corrected chi connectivity index (χ1v) is 4.90. The Morgan fingerprint density at radius 2 is 2.00 bits per heavy atom. The number of hydrogen-bond donors (Lipinski definition) is 2. The van der Waals surface area contributed by atoms with Crippen molar-refractivity contribution in [3.05, 3.63) is 47.3 Å². The van der Waals surface area contributed by atoms with Gasteiger partial charge in [0, 0.05) is 29.5 Å². The highest BCUT2D eigenvalue weighted by Crippen LogP contribution is 2.27. The number of nitrogens with two attached hydrogens (primary N) is 1. The molecule has 0 aliphatic heterocycles. The van der Waals surface area contributed by atoms with Gasteiger partial charge in [-0.25, -0.2) is 8.78 Å². The van der Waals surface area contributed by atoms with Crippen LogP contribution in [0.2, 0.25) is 0 Å². The highest BCUT2D eigenvalue weighted by molar-refractivity contribution is 5.36. The molecule has 0 saturated heterocycles. The van der Waals surface area contributed by atoms with Gasteiger partial charge in [-0.2, -0.15) is 5.10 Å². The second-order valence-electron chi connectivity index (χ2n) is 3.51. The Balaban J connectivity index is 2.45. The molecule has 1 aromatic carbocycles. The Bertz CT molecular complexity index is 490. The van der Waals surface area contributed by atoms with Gasteiger partial charge in [-0.1, -0.05) is 0 Å². The molecule has 1 unspecified atom stereocenters. The van der Waals surface area contributed by atoms with Crippen molar-refractivity contribution in [1.29, 1.82) is 0 Å². The zero-order chi connectivity index (χ0) is 12.4. The van der Waals surface area contributed by atoms with Crippen LogP contribution in [-0.2, 0) is 0 Å². The molecule has 1 atom stereocenters. The number of nitrogens with one attached hydrogen (secondary N) is 1. The molecular formula is C11H11F2N3O. The summed E-state index contributed by atoms with van der Waals surface area (Å²) in [5, 5.41) is 6.23. The molecule has 17 heavy (non-hydrogen) atoms. The minimum Gasteiger partial charge on any atom is -0.497 e. The fourth-order valence-electron chi connectivity index (χ4n) is 1.57. The second-order valence-corrected chi connectivity index (χ2v) is 3.51. The van der Waals surface area contributed by atoms with E-state index in [1.165, 1.54) is 19.5 Å². The number of rotatable bonds is 3. The number of ether oxygens (including phenoxy) is 1. The third-order valence-corrected chi connectivity index (χ3v) is 2.48. The zero-order valence-electron chi connectivity index (χ0n) is 9.08. The fourth-order valence-corrected chi connectivity index (χ4v) is 1.57. The Labute approximate surface area is 96.4 Å². The minimum atomic E-state index is -0.903. The average Bonchev–Trinajstić information content (AvgIpc) is 2.81. The molecule has 0 saturated carbocycles. The third-order valence-electron chi connectivity index (χ3n) is 2.48. The van der Waals surface area contributed by atoms with Gasteiger partial charge in [-0.05, 0) is 0 Å². The summed E-state index contributed by atoms with van der Waals surface area (Å²) in [6, 6.07) is 1.29. The number of methoxy groups -OCH3 is 1. The zero-order valence-corrected chi connectivity index (χ0v) is 9.08. The molecule has 0 fully saturated rings. The first kappa shape index (κ1) is 11.5. The summed E-state index contributed by atoms with van der Waals surface area (Å²) in [6.45, 7) is 0. The van der Waals surface area contributed by atoms with Gasteiger partial charge >= 0.3 is 0 Å². The lowest BCUT2D eigenvalue weighted by molar-refractivity contribution is 0.404. The molecule has 1 aromatic heterocycles. The maximum atomic E-state index is 13.7. The van der Waals surface area contributed by atoms with Gasteiger partial charge in [0.05, 0.1) is 19.3 Å². The van der Waals surface area contributed by atoms with Gasteiger partial charge < -0.3 is 10.5 Å². The Kier molecular flexibility index (Phi) is 3.06. The van der Waals surface area contributed by atoms with E-state index in [4.69, 9.17) is 10.5 Å². The Morgan fingerprint density at radius 1 is 1.35 bits per heavy atom. The van der Waals surface area contributed by atoms with Crippen LogP contribution in [0.15, 0.2) is 24.5 Å². The van der Waals surface area contributed by atoms with Gasteiger partial charge in [0.2, 0.25) is 0 Å². The Morgan fingerprint density at radius 3 is 2.47 bits per heavy atom. The largest absolute Gasteiger partial charge is 0.497 e. The van der Waals surface area contributed by atoms with Crippen molar-refractivity contribution in [2.24, 2.45) is 5.73 Å². The second kappa shape index (κ2) is 4.50. The van der Waals surface area contributed by atoms with Crippen LogP contribution in [-0.4, -0.2) is 17.3 Å². The topological polar surface area (TPSA) is 63.9 Å². The van der Waals surface area contributed by atoms with Gasteiger partial charge in [-0.3, -0.25) is 5.10 Å². The predicted octanol–water partition coefficient (Wildman–Crippen LogP) is 1.74. The number of halogens is 2. The number of aromatic nitrogens is 2. The summed E-state index contributed by atoms with van der Waals surface area (Å²) < 4.78 is 32.2. The molecule has 6 heteroatoms. The lowest BCUT2D eigenvalue weighted by Crippen LogP contribution is -2.15. The van der Waals surface area contributed by atoms with Crippen molar-refractivity contribution in [3.8, 4) is 5.75 Å². The van der Waals surface area contributed by atoms with E-state index in [1.54, 1.807) is 0 Å². The first-order valence-electron chi connectivity index (χ1n) is 4.90. The molecule has 2 rings (SSSR count). The SMILES string of the molecule is COc1cc(F)c(C(N)c2cn[nH]c2)c(F)c1. The van der Waals surface area contributed by atoms with Crippen molar-refractivity contribution in [2.45, 2.75) is 6.04 Å². The summed E-state index contributed by atoms with van der Waals surface area (Å²) in [4.78, 5) is 0. The van der Waals surface area contributed by atoms with Gasteiger partial charge in [0.25, 0.3) is 0 Å². The molecule has 90 valence electrons. The van der Waals surface area contributed by atoms with Crippen LogP contribution in [0.25, 0.3) is 0 Å².